The van der Waals surface area contributed by atoms with Gasteiger partial charge in [-0.2, -0.15) is 0 Å². The molecule has 1 amide bonds. The smallest absolute Gasteiger partial charge is 0.317 e. The zero-order valence-corrected chi connectivity index (χ0v) is 12.5. The Morgan fingerprint density at radius 2 is 1.90 bits per heavy atom. The highest BCUT2D eigenvalue weighted by atomic mass is 16.5. The van der Waals surface area contributed by atoms with Crippen LogP contribution >= 0.6 is 0 Å². The normalized spacial score (nSPS) is 10.6. The highest BCUT2D eigenvalue weighted by Crippen LogP contribution is 2.02. The predicted molar refractivity (Wildman–Crippen MR) is 79.0 cm³/mol. The van der Waals surface area contributed by atoms with Crippen LogP contribution in [0.2, 0.25) is 0 Å². The molecule has 116 valence electrons. The number of ether oxygens (including phenoxy) is 1. The number of amides is 1. The van der Waals surface area contributed by atoms with E-state index in [-0.39, 0.29) is 19.0 Å². The van der Waals surface area contributed by atoms with E-state index in [9.17, 15) is 9.59 Å². The van der Waals surface area contributed by atoms with Crippen molar-refractivity contribution in [2.75, 3.05) is 33.4 Å². The second-order valence-electron chi connectivity index (χ2n) is 4.86. The fourth-order valence-corrected chi connectivity index (χ4v) is 1.79. The van der Waals surface area contributed by atoms with Crippen molar-refractivity contribution in [3.63, 3.8) is 0 Å². The SMILES string of the molecule is COCCN(CC(=O)O)CC(=O)NCc1ccc(C)cc1. The van der Waals surface area contributed by atoms with Crippen molar-refractivity contribution in [3.8, 4) is 0 Å². The summed E-state index contributed by atoms with van der Waals surface area (Å²) in [5, 5.41) is 11.6. The summed E-state index contributed by atoms with van der Waals surface area (Å²) in [6.45, 7) is 3.09. The molecule has 0 bridgehead atoms. The van der Waals surface area contributed by atoms with Gasteiger partial charge in [-0.05, 0) is 12.5 Å². The maximum atomic E-state index is 11.9. The van der Waals surface area contributed by atoms with Crippen molar-refractivity contribution in [2.24, 2.45) is 0 Å². The molecule has 1 aromatic rings. The lowest BCUT2D eigenvalue weighted by Crippen LogP contribution is -2.41. The number of methoxy groups -OCH3 is 1. The maximum Gasteiger partial charge on any atom is 0.317 e. The molecule has 0 aliphatic carbocycles. The van der Waals surface area contributed by atoms with Crippen molar-refractivity contribution >= 4 is 11.9 Å². The van der Waals surface area contributed by atoms with Gasteiger partial charge in [-0.1, -0.05) is 29.8 Å². The summed E-state index contributed by atoms with van der Waals surface area (Å²) in [7, 11) is 1.54. The second kappa shape index (κ2) is 9.10. The Labute approximate surface area is 124 Å². The number of nitrogens with one attached hydrogen (secondary N) is 1. The Morgan fingerprint density at radius 1 is 1.24 bits per heavy atom. The van der Waals surface area contributed by atoms with Gasteiger partial charge in [-0.15, -0.1) is 0 Å². The van der Waals surface area contributed by atoms with E-state index in [1.807, 2.05) is 31.2 Å². The van der Waals surface area contributed by atoms with Crippen molar-refractivity contribution in [3.05, 3.63) is 35.4 Å². The average molecular weight is 294 g/mol. The summed E-state index contributed by atoms with van der Waals surface area (Å²) >= 11 is 0. The number of aryl methyl sites for hydroxylation is 1. The quantitative estimate of drug-likeness (QED) is 0.699. The Kier molecular flexibility index (Phi) is 7.42. The third-order valence-electron chi connectivity index (χ3n) is 2.95. The molecule has 1 rings (SSSR count). The molecular formula is C15H22N2O4. The van der Waals surface area contributed by atoms with E-state index >= 15 is 0 Å². The number of benzene rings is 1. The molecule has 0 fully saturated rings. The standard InChI is InChI=1S/C15H22N2O4/c1-12-3-5-13(6-4-12)9-16-14(18)10-17(7-8-21-2)11-15(19)20/h3-6H,7-11H2,1-2H3,(H,16,18)(H,19,20). The van der Waals surface area contributed by atoms with Gasteiger partial charge in [-0.3, -0.25) is 14.5 Å². The minimum atomic E-state index is -0.961. The molecule has 0 unspecified atom stereocenters. The third kappa shape index (κ3) is 7.43. The molecule has 2 N–H and O–H groups in total. The Morgan fingerprint density at radius 3 is 2.48 bits per heavy atom. The first kappa shape index (κ1) is 17.1. The Hall–Kier alpha value is -1.92. The van der Waals surface area contributed by atoms with E-state index in [1.54, 1.807) is 0 Å². The van der Waals surface area contributed by atoms with Gasteiger partial charge in [0.2, 0.25) is 5.91 Å². The van der Waals surface area contributed by atoms with Gasteiger partial charge >= 0.3 is 5.97 Å². The van der Waals surface area contributed by atoms with E-state index in [0.717, 1.165) is 11.1 Å². The van der Waals surface area contributed by atoms with Gasteiger partial charge in [0.05, 0.1) is 19.7 Å². The number of hydrogen-bond acceptors (Lipinski definition) is 4. The van der Waals surface area contributed by atoms with E-state index < -0.39 is 5.97 Å². The summed E-state index contributed by atoms with van der Waals surface area (Å²) in [5.41, 5.74) is 2.17. The summed E-state index contributed by atoms with van der Waals surface area (Å²) in [6, 6.07) is 7.87. The van der Waals surface area contributed by atoms with Crippen LogP contribution in [0.5, 0.6) is 0 Å². The first-order chi connectivity index (χ1) is 10.0. The van der Waals surface area contributed by atoms with Crippen LogP contribution in [0.3, 0.4) is 0 Å². The zero-order valence-electron chi connectivity index (χ0n) is 12.5. The molecule has 0 heterocycles. The average Bonchev–Trinajstić information content (AvgIpc) is 2.43. The lowest BCUT2D eigenvalue weighted by molar-refractivity contribution is -0.138. The monoisotopic (exact) mass is 294 g/mol. The number of carboxylic acid groups (broad SMARTS) is 1. The van der Waals surface area contributed by atoms with Crippen LogP contribution in [0.15, 0.2) is 24.3 Å². The second-order valence-corrected chi connectivity index (χ2v) is 4.86. The minimum absolute atomic E-state index is 0.0432. The van der Waals surface area contributed by atoms with Crippen molar-refractivity contribution in [1.29, 1.82) is 0 Å². The molecule has 0 atom stereocenters. The number of rotatable bonds is 9. The van der Waals surface area contributed by atoms with E-state index in [4.69, 9.17) is 9.84 Å². The lowest BCUT2D eigenvalue weighted by atomic mass is 10.1. The first-order valence-corrected chi connectivity index (χ1v) is 6.76. The van der Waals surface area contributed by atoms with Gasteiger partial charge < -0.3 is 15.2 Å². The number of carboxylic acids is 1. The highest BCUT2D eigenvalue weighted by Gasteiger charge is 2.13. The van der Waals surface area contributed by atoms with E-state index in [2.05, 4.69) is 5.32 Å². The molecule has 0 aliphatic heterocycles. The molecule has 0 radical (unpaired) electrons. The van der Waals surface area contributed by atoms with Crippen molar-refractivity contribution < 1.29 is 19.4 Å². The molecule has 0 aliphatic rings. The molecule has 0 saturated heterocycles. The number of carbonyl (C=O) groups excluding carboxylic acids is 1. The Balaban J connectivity index is 2.41. The topological polar surface area (TPSA) is 78.9 Å². The number of carbonyl (C=O) groups is 2. The fraction of sp³-hybridized carbons (Fsp3) is 0.467. The molecule has 21 heavy (non-hydrogen) atoms. The predicted octanol–water partition coefficient (Wildman–Crippen LogP) is 0.644. The van der Waals surface area contributed by atoms with Crippen LogP contribution in [-0.4, -0.2) is 55.2 Å². The minimum Gasteiger partial charge on any atom is -0.480 e. The van der Waals surface area contributed by atoms with Crippen LogP contribution in [-0.2, 0) is 20.9 Å². The van der Waals surface area contributed by atoms with Gasteiger partial charge in [0.15, 0.2) is 0 Å². The first-order valence-electron chi connectivity index (χ1n) is 6.76. The molecule has 6 nitrogen and oxygen atoms in total. The van der Waals surface area contributed by atoms with Crippen molar-refractivity contribution in [1.82, 2.24) is 10.2 Å². The van der Waals surface area contributed by atoms with E-state index in [0.29, 0.717) is 19.7 Å². The van der Waals surface area contributed by atoms with Crippen LogP contribution < -0.4 is 5.32 Å². The maximum absolute atomic E-state index is 11.9. The lowest BCUT2D eigenvalue weighted by Gasteiger charge is -2.19. The third-order valence-corrected chi connectivity index (χ3v) is 2.95. The summed E-state index contributed by atoms with van der Waals surface area (Å²) in [5.74, 6) is -1.16. The van der Waals surface area contributed by atoms with Gasteiger partial charge in [0.1, 0.15) is 0 Å². The molecule has 0 saturated carbocycles. The molecule has 6 heteroatoms. The molecule has 0 aromatic heterocycles. The van der Waals surface area contributed by atoms with Gasteiger partial charge in [0, 0.05) is 20.2 Å². The number of nitrogens with zero attached hydrogens (tertiary/aromatic N) is 1. The van der Waals surface area contributed by atoms with Crippen LogP contribution in [0.4, 0.5) is 0 Å². The highest BCUT2D eigenvalue weighted by molar-refractivity contribution is 5.79. The number of aliphatic carboxylic acids is 1. The van der Waals surface area contributed by atoms with E-state index in [1.165, 1.54) is 12.0 Å². The number of hydrogen-bond donors (Lipinski definition) is 2. The van der Waals surface area contributed by atoms with Crippen molar-refractivity contribution in [2.45, 2.75) is 13.5 Å². The van der Waals surface area contributed by atoms with Crippen LogP contribution in [0.1, 0.15) is 11.1 Å². The summed E-state index contributed by atoms with van der Waals surface area (Å²) in [6.07, 6.45) is 0. The zero-order chi connectivity index (χ0) is 15.7. The molecule has 0 spiro atoms. The van der Waals surface area contributed by atoms with Gasteiger partial charge in [-0.25, -0.2) is 0 Å². The summed E-state index contributed by atoms with van der Waals surface area (Å²) in [4.78, 5) is 24.1. The molecule has 1 aromatic carbocycles. The summed E-state index contributed by atoms with van der Waals surface area (Å²) < 4.78 is 4.91. The van der Waals surface area contributed by atoms with Crippen LogP contribution in [0, 0.1) is 6.92 Å². The Bertz CT molecular complexity index is 459. The largest absolute Gasteiger partial charge is 0.480 e. The van der Waals surface area contributed by atoms with Crippen LogP contribution in [0.25, 0.3) is 0 Å². The van der Waals surface area contributed by atoms with Gasteiger partial charge in [0.25, 0.3) is 0 Å². The fourth-order valence-electron chi connectivity index (χ4n) is 1.79. The molecular weight excluding hydrogens is 272 g/mol.